The summed E-state index contributed by atoms with van der Waals surface area (Å²) in [6, 6.07) is 6.17. The molecule has 2 rings (SSSR count). The zero-order valence-electron chi connectivity index (χ0n) is 9.17. The highest BCUT2D eigenvalue weighted by Crippen LogP contribution is 2.20. The molecular formula is C12H11FN2O2. The van der Waals surface area contributed by atoms with Crippen LogP contribution in [0.5, 0.6) is 0 Å². The number of imidazole rings is 1. The fourth-order valence-corrected chi connectivity index (χ4v) is 1.60. The van der Waals surface area contributed by atoms with Crippen LogP contribution in [-0.4, -0.2) is 20.6 Å². The standard InChI is InChI=1S/C12H11FN2O2/c1-8(12(16)17)11-14-6-7-15(11)10-5-3-2-4-9(10)13/h2-8H,1H3,(H,16,17). The largest absolute Gasteiger partial charge is 0.481 e. The molecular weight excluding hydrogens is 223 g/mol. The number of hydrogen-bond acceptors (Lipinski definition) is 2. The molecule has 0 aliphatic heterocycles. The van der Waals surface area contributed by atoms with Crippen molar-refractivity contribution in [1.29, 1.82) is 0 Å². The van der Waals surface area contributed by atoms with Crippen molar-refractivity contribution in [3.05, 3.63) is 48.3 Å². The summed E-state index contributed by atoms with van der Waals surface area (Å²) < 4.78 is 15.1. The van der Waals surface area contributed by atoms with Gasteiger partial charge in [0.2, 0.25) is 0 Å². The maximum absolute atomic E-state index is 13.6. The van der Waals surface area contributed by atoms with Gasteiger partial charge < -0.3 is 9.67 Å². The first-order valence-electron chi connectivity index (χ1n) is 5.12. The van der Waals surface area contributed by atoms with Crippen molar-refractivity contribution >= 4 is 5.97 Å². The maximum atomic E-state index is 13.6. The van der Waals surface area contributed by atoms with Gasteiger partial charge in [-0.05, 0) is 19.1 Å². The summed E-state index contributed by atoms with van der Waals surface area (Å²) in [6.07, 6.45) is 3.01. The van der Waals surface area contributed by atoms with Crippen LogP contribution < -0.4 is 0 Å². The van der Waals surface area contributed by atoms with Crippen molar-refractivity contribution in [2.75, 3.05) is 0 Å². The molecule has 2 aromatic rings. The lowest BCUT2D eigenvalue weighted by molar-refractivity contribution is -0.138. The lowest BCUT2D eigenvalue weighted by Gasteiger charge is -2.11. The summed E-state index contributed by atoms with van der Waals surface area (Å²) in [6.45, 7) is 1.52. The summed E-state index contributed by atoms with van der Waals surface area (Å²) in [4.78, 5) is 14.9. The van der Waals surface area contributed by atoms with E-state index in [1.54, 1.807) is 24.4 Å². The van der Waals surface area contributed by atoms with Gasteiger partial charge in [0.1, 0.15) is 17.6 Å². The molecule has 0 fully saturated rings. The summed E-state index contributed by atoms with van der Waals surface area (Å²) in [5, 5.41) is 8.95. The zero-order chi connectivity index (χ0) is 12.4. The van der Waals surface area contributed by atoms with E-state index in [0.29, 0.717) is 11.5 Å². The van der Waals surface area contributed by atoms with Gasteiger partial charge in [0.05, 0.1) is 5.69 Å². The number of rotatable bonds is 3. The van der Waals surface area contributed by atoms with Crippen LogP contribution in [0, 0.1) is 5.82 Å². The van der Waals surface area contributed by atoms with E-state index in [9.17, 15) is 9.18 Å². The van der Waals surface area contributed by atoms with E-state index in [-0.39, 0.29) is 0 Å². The van der Waals surface area contributed by atoms with Crippen LogP contribution in [0.1, 0.15) is 18.7 Å². The Morgan fingerprint density at radius 2 is 2.18 bits per heavy atom. The molecule has 1 unspecified atom stereocenters. The predicted molar refractivity (Wildman–Crippen MR) is 59.6 cm³/mol. The molecule has 5 heteroatoms. The monoisotopic (exact) mass is 234 g/mol. The Hall–Kier alpha value is -2.17. The number of hydrogen-bond donors (Lipinski definition) is 1. The lowest BCUT2D eigenvalue weighted by Crippen LogP contribution is -2.13. The molecule has 0 radical (unpaired) electrons. The first kappa shape index (κ1) is 11.3. The number of carboxylic acids is 1. The topological polar surface area (TPSA) is 55.1 Å². The van der Waals surface area contributed by atoms with Crippen LogP contribution in [0.25, 0.3) is 5.69 Å². The summed E-state index contributed by atoms with van der Waals surface area (Å²) in [5.74, 6) is -1.88. The fourth-order valence-electron chi connectivity index (χ4n) is 1.60. The van der Waals surface area contributed by atoms with Gasteiger partial charge in [0.15, 0.2) is 0 Å². The minimum Gasteiger partial charge on any atom is -0.481 e. The van der Waals surface area contributed by atoms with Crippen molar-refractivity contribution < 1.29 is 14.3 Å². The number of nitrogens with zero attached hydrogens (tertiary/aromatic N) is 2. The van der Waals surface area contributed by atoms with Crippen LogP contribution in [0.4, 0.5) is 4.39 Å². The second kappa shape index (κ2) is 4.37. The SMILES string of the molecule is CC(C(=O)O)c1nccn1-c1ccccc1F. The number of benzene rings is 1. The van der Waals surface area contributed by atoms with Gasteiger partial charge in [-0.2, -0.15) is 0 Å². The molecule has 1 aromatic carbocycles. The average Bonchev–Trinajstić information content (AvgIpc) is 2.77. The second-order valence-corrected chi connectivity index (χ2v) is 3.67. The van der Waals surface area contributed by atoms with Crippen LogP contribution in [-0.2, 0) is 4.79 Å². The van der Waals surface area contributed by atoms with E-state index in [2.05, 4.69) is 4.98 Å². The minimum absolute atomic E-state index is 0.299. The quantitative estimate of drug-likeness (QED) is 0.885. The molecule has 1 N–H and O–H groups in total. The molecule has 0 saturated heterocycles. The Morgan fingerprint density at radius 1 is 1.47 bits per heavy atom. The van der Waals surface area contributed by atoms with Gasteiger partial charge in [0, 0.05) is 12.4 Å². The van der Waals surface area contributed by atoms with Crippen LogP contribution in [0.3, 0.4) is 0 Å². The van der Waals surface area contributed by atoms with E-state index < -0.39 is 17.7 Å². The number of carbonyl (C=O) groups is 1. The van der Waals surface area contributed by atoms with E-state index in [1.165, 1.54) is 23.8 Å². The highest BCUT2D eigenvalue weighted by atomic mass is 19.1. The molecule has 17 heavy (non-hydrogen) atoms. The molecule has 0 aliphatic carbocycles. The third-order valence-electron chi connectivity index (χ3n) is 2.54. The van der Waals surface area contributed by atoms with Crippen LogP contribution >= 0.6 is 0 Å². The van der Waals surface area contributed by atoms with E-state index in [4.69, 9.17) is 5.11 Å². The molecule has 0 aliphatic rings. The van der Waals surface area contributed by atoms with Gasteiger partial charge in [-0.15, -0.1) is 0 Å². The fraction of sp³-hybridized carbons (Fsp3) is 0.167. The lowest BCUT2D eigenvalue weighted by atomic mass is 10.1. The van der Waals surface area contributed by atoms with Crippen molar-refractivity contribution in [3.8, 4) is 5.69 Å². The molecule has 4 nitrogen and oxygen atoms in total. The highest BCUT2D eigenvalue weighted by molar-refractivity contribution is 5.74. The number of aliphatic carboxylic acids is 1. The van der Waals surface area contributed by atoms with Gasteiger partial charge in [0.25, 0.3) is 0 Å². The van der Waals surface area contributed by atoms with E-state index in [0.717, 1.165) is 0 Å². The molecule has 1 atom stereocenters. The number of halogens is 1. The molecule has 1 aromatic heterocycles. The molecule has 88 valence electrons. The second-order valence-electron chi connectivity index (χ2n) is 3.67. The van der Waals surface area contributed by atoms with Crippen molar-refractivity contribution in [2.45, 2.75) is 12.8 Å². The highest BCUT2D eigenvalue weighted by Gasteiger charge is 2.20. The molecule has 0 spiro atoms. The van der Waals surface area contributed by atoms with E-state index in [1.807, 2.05) is 0 Å². The molecule has 1 heterocycles. The summed E-state index contributed by atoms with van der Waals surface area (Å²) in [7, 11) is 0. The Morgan fingerprint density at radius 3 is 2.82 bits per heavy atom. The Kier molecular flexibility index (Phi) is 2.91. The van der Waals surface area contributed by atoms with Crippen molar-refractivity contribution in [1.82, 2.24) is 9.55 Å². The third-order valence-corrected chi connectivity index (χ3v) is 2.54. The maximum Gasteiger partial charge on any atom is 0.313 e. The van der Waals surface area contributed by atoms with Crippen LogP contribution in [0.2, 0.25) is 0 Å². The Balaban J connectivity index is 2.51. The first-order valence-corrected chi connectivity index (χ1v) is 5.12. The summed E-state index contributed by atoms with van der Waals surface area (Å²) >= 11 is 0. The van der Waals surface area contributed by atoms with Crippen molar-refractivity contribution in [2.24, 2.45) is 0 Å². The Labute approximate surface area is 97.3 Å². The number of carboxylic acid groups (broad SMARTS) is 1. The average molecular weight is 234 g/mol. The summed E-state index contributed by atoms with van der Waals surface area (Å²) in [5.41, 5.74) is 0.299. The molecule has 0 saturated carbocycles. The first-order chi connectivity index (χ1) is 8.11. The number of aromatic nitrogens is 2. The third kappa shape index (κ3) is 2.04. The van der Waals surface area contributed by atoms with Gasteiger partial charge in [-0.3, -0.25) is 4.79 Å². The predicted octanol–water partition coefficient (Wildman–Crippen LogP) is 2.20. The zero-order valence-corrected chi connectivity index (χ0v) is 9.17. The van der Waals surface area contributed by atoms with Gasteiger partial charge >= 0.3 is 5.97 Å². The molecule has 0 bridgehead atoms. The van der Waals surface area contributed by atoms with E-state index >= 15 is 0 Å². The van der Waals surface area contributed by atoms with Gasteiger partial charge in [-0.1, -0.05) is 12.1 Å². The van der Waals surface area contributed by atoms with Gasteiger partial charge in [-0.25, -0.2) is 9.37 Å². The number of para-hydroxylation sites is 1. The smallest absolute Gasteiger partial charge is 0.313 e. The van der Waals surface area contributed by atoms with Crippen LogP contribution in [0.15, 0.2) is 36.7 Å². The molecule has 0 amide bonds. The minimum atomic E-state index is -0.992. The van der Waals surface area contributed by atoms with Crippen molar-refractivity contribution in [3.63, 3.8) is 0 Å². The normalized spacial score (nSPS) is 12.4. The Bertz CT molecular complexity index is 551.